The van der Waals surface area contributed by atoms with Gasteiger partial charge in [-0.1, -0.05) is 18.2 Å². The van der Waals surface area contributed by atoms with E-state index >= 15 is 0 Å². The molecule has 1 unspecified atom stereocenters. The fourth-order valence-electron chi connectivity index (χ4n) is 1.99. The van der Waals surface area contributed by atoms with Crippen molar-refractivity contribution in [2.75, 3.05) is 0 Å². The lowest BCUT2D eigenvalue weighted by atomic mass is 9.92. The van der Waals surface area contributed by atoms with Gasteiger partial charge in [-0.3, -0.25) is 4.68 Å². The molecule has 5 heteroatoms. The van der Waals surface area contributed by atoms with E-state index in [0.29, 0.717) is 12.4 Å². The Balaban J connectivity index is 2.30. The van der Waals surface area contributed by atoms with E-state index in [1.54, 1.807) is 29.8 Å². The molecule has 1 atom stereocenters. The summed E-state index contributed by atoms with van der Waals surface area (Å²) >= 11 is 0. The lowest BCUT2D eigenvalue weighted by Crippen LogP contribution is -2.27. The van der Waals surface area contributed by atoms with E-state index in [1.165, 1.54) is 12.4 Å². The Morgan fingerprint density at radius 3 is 2.78 bits per heavy atom. The fourth-order valence-corrected chi connectivity index (χ4v) is 1.99. The lowest BCUT2D eigenvalue weighted by Gasteiger charge is -2.23. The molecule has 0 fully saturated rings. The molecule has 2 rings (SSSR count). The Labute approximate surface area is 105 Å². The van der Waals surface area contributed by atoms with E-state index in [9.17, 15) is 9.50 Å². The number of hydrogen-bond donors (Lipinski definition) is 1. The number of nitrogens with zero attached hydrogens (tertiary/aromatic N) is 3. The van der Waals surface area contributed by atoms with Crippen LogP contribution in [-0.4, -0.2) is 19.9 Å². The van der Waals surface area contributed by atoms with Gasteiger partial charge in [0.15, 0.2) is 0 Å². The van der Waals surface area contributed by atoms with Crippen LogP contribution in [-0.2, 0) is 18.6 Å². The lowest BCUT2D eigenvalue weighted by molar-refractivity contribution is 0.0505. The normalized spacial score (nSPS) is 14.4. The molecule has 1 aromatic carbocycles. The highest BCUT2D eigenvalue weighted by atomic mass is 19.1. The SMILES string of the molecule is CCn1ncnc1CC(C)(O)c1ccccc1F. The van der Waals surface area contributed by atoms with Crippen LogP contribution in [0.25, 0.3) is 0 Å². The van der Waals surface area contributed by atoms with Crippen LogP contribution in [0.5, 0.6) is 0 Å². The summed E-state index contributed by atoms with van der Waals surface area (Å²) in [6, 6.07) is 6.23. The van der Waals surface area contributed by atoms with Crippen molar-refractivity contribution in [1.29, 1.82) is 0 Å². The number of aliphatic hydroxyl groups is 1. The van der Waals surface area contributed by atoms with E-state index in [-0.39, 0.29) is 12.0 Å². The van der Waals surface area contributed by atoms with Crippen LogP contribution in [0.1, 0.15) is 25.2 Å². The molecule has 2 aromatic rings. The van der Waals surface area contributed by atoms with Crippen LogP contribution in [0.15, 0.2) is 30.6 Å². The molecule has 4 nitrogen and oxygen atoms in total. The van der Waals surface area contributed by atoms with Crippen molar-refractivity contribution >= 4 is 0 Å². The summed E-state index contributed by atoms with van der Waals surface area (Å²) < 4.78 is 15.4. The minimum atomic E-state index is -1.30. The zero-order chi connectivity index (χ0) is 13.2. The van der Waals surface area contributed by atoms with Gasteiger partial charge in [0.25, 0.3) is 0 Å². The highest BCUT2D eigenvalue weighted by Gasteiger charge is 2.28. The van der Waals surface area contributed by atoms with Gasteiger partial charge in [0.05, 0.1) is 5.60 Å². The molecular formula is C13H16FN3O. The average molecular weight is 249 g/mol. The third-order valence-corrected chi connectivity index (χ3v) is 2.95. The number of aromatic nitrogens is 3. The molecule has 0 saturated heterocycles. The first-order valence-corrected chi connectivity index (χ1v) is 5.88. The zero-order valence-corrected chi connectivity index (χ0v) is 10.5. The van der Waals surface area contributed by atoms with Crippen molar-refractivity contribution in [3.63, 3.8) is 0 Å². The molecular weight excluding hydrogens is 233 g/mol. The second-order valence-corrected chi connectivity index (χ2v) is 4.42. The molecule has 0 spiro atoms. The summed E-state index contributed by atoms with van der Waals surface area (Å²) in [5.74, 6) is 0.232. The second-order valence-electron chi connectivity index (χ2n) is 4.42. The van der Waals surface area contributed by atoms with E-state index in [2.05, 4.69) is 10.1 Å². The van der Waals surface area contributed by atoms with Gasteiger partial charge in [0.2, 0.25) is 0 Å². The molecule has 0 aliphatic carbocycles. The van der Waals surface area contributed by atoms with Gasteiger partial charge in [-0.2, -0.15) is 5.10 Å². The Bertz CT molecular complexity index is 537. The van der Waals surface area contributed by atoms with Crippen LogP contribution in [0.3, 0.4) is 0 Å². The molecule has 96 valence electrons. The van der Waals surface area contributed by atoms with Crippen molar-refractivity contribution in [2.45, 2.75) is 32.4 Å². The molecule has 18 heavy (non-hydrogen) atoms. The average Bonchev–Trinajstić information content (AvgIpc) is 2.76. The topological polar surface area (TPSA) is 50.9 Å². The molecule has 1 heterocycles. The Kier molecular flexibility index (Phi) is 3.43. The maximum atomic E-state index is 13.7. The predicted octanol–water partition coefficient (Wildman–Crippen LogP) is 1.89. The summed E-state index contributed by atoms with van der Waals surface area (Å²) in [7, 11) is 0. The van der Waals surface area contributed by atoms with E-state index in [4.69, 9.17) is 0 Å². The monoisotopic (exact) mass is 249 g/mol. The number of halogens is 1. The highest BCUT2D eigenvalue weighted by molar-refractivity contribution is 5.24. The highest BCUT2D eigenvalue weighted by Crippen LogP contribution is 2.26. The first kappa shape index (κ1) is 12.7. The minimum absolute atomic E-state index is 0.224. The third kappa shape index (κ3) is 2.41. The van der Waals surface area contributed by atoms with Crippen LogP contribution in [0.4, 0.5) is 4.39 Å². The minimum Gasteiger partial charge on any atom is -0.385 e. The summed E-state index contributed by atoms with van der Waals surface area (Å²) in [5.41, 5.74) is -1.03. The summed E-state index contributed by atoms with van der Waals surface area (Å²) in [4.78, 5) is 4.10. The quantitative estimate of drug-likeness (QED) is 0.900. The fraction of sp³-hybridized carbons (Fsp3) is 0.385. The van der Waals surface area contributed by atoms with E-state index in [0.717, 1.165) is 0 Å². The first-order chi connectivity index (χ1) is 8.54. The van der Waals surface area contributed by atoms with Gasteiger partial charge < -0.3 is 5.11 Å². The van der Waals surface area contributed by atoms with Gasteiger partial charge in [-0.15, -0.1) is 0 Å². The van der Waals surface area contributed by atoms with Gasteiger partial charge in [-0.25, -0.2) is 9.37 Å². The summed E-state index contributed by atoms with van der Waals surface area (Å²) in [6.07, 6.45) is 1.66. The standard InChI is InChI=1S/C13H16FN3O/c1-3-17-12(15-9-16-17)8-13(2,18)10-6-4-5-7-11(10)14/h4-7,9,18H,3,8H2,1-2H3. The Morgan fingerprint density at radius 1 is 1.39 bits per heavy atom. The molecule has 0 radical (unpaired) electrons. The molecule has 0 bridgehead atoms. The first-order valence-electron chi connectivity index (χ1n) is 5.88. The van der Waals surface area contributed by atoms with E-state index < -0.39 is 11.4 Å². The zero-order valence-electron chi connectivity index (χ0n) is 10.5. The summed E-state index contributed by atoms with van der Waals surface area (Å²) in [5, 5.41) is 14.5. The molecule has 0 aliphatic heterocycles. The van der Waals surface area contributed by atoms with Gasteiger partial charge in [0, 0.05) is 18.5 Å². The molecule has 0 aliphatic rings. The van der Waals surface area contributed by atoms with Crippen molar-refractivity contribution < 1.29 is 9.50 Å². The Hall–Kier alpha value is -1.75. The van der Waals surface area contributed by atoms with Gasteiger partial charge in [0.1, 0.15) is 18.0 Å². The van der Waals surface area contributed by atoms with Crippen molar-refractivity contribution in [3.05, 3.63) is 47.8 Å². The smallest absolute Gasteiger partial charge is 0.138 e. The number of rotatable bonds is 4. The van der Waals surface area contributed by atoms with Crippen LogP contribution < -0.4 is 0 Å². The van der Waals surface area contributed by atoms with Crippen LogP contribution in [0.2, 0.25) is 0 Å². The molecule has 1 N–H and O–H groups in total. The van der Waals surface area contributed by atoms with E-state index in [1.807, 2.05) is 6.92 Å². The molecule has 1 aromatic heterocycles. The van der Waals surface area contributed by atoms with Crippen molar-refractivity contribution in [2.24, 2.45) is 0 Å². The summed E-state index contributed by atoms with van der Waals surface area (Å²) in [6.45, 7) is 4.19. The van der Waals surface area contributed by atoms with Gasteiger partial charge in [-0.05, 0) is 19.9 Å². The molecule has 0 amide bonds. The van der Waals surface area contributed by atoms with Crippen LogP contribution in [0, 0.1) is 5.82 Å². The predicted molar refractivity (Wildman–Crippen MR) is 65.4 cm³/mol. The van der Waals surface area contributed by atoms with Crippen molar-refractivity contribution in [1.82, 2.24) is 14.8 Å². The molecule has 0 saturated carbocycles. The second kappa shape index (κ2) is 4.86. The maximum absolute atomic E-state index is 13.7. The number of hydrogen-bond acceptors (Lipinski definition) is 3. The van der Waals surface area contributed by atoms with Crippen molar-refractivity contribution in [3.8, 4) is 0 Å². The Morgan fingerprint density at radius 2 is 2.11 bits per heavy atom. The third-order valence-electron chi connectivity index (χ3n) is 2.95. The van der Waals surface area contributed by atoms with Gasteiger partial charge >= 0.3 is 0 Å². The largest absolute Gasteiger partial charge is 0.385 e. The number of aryl methyl sites for hydroxylation is 1. The maximum Gasteiger partial charge on any atom is 0.138 e. The van der Waals surface area contributed by atoms with Crippen LogP contribution >= 0.6 is 0 Å². The number of benzene rings is 1.